The molecule has 4 rings (SSSR count). The molecule has 2 aromatic heterocycles. The van der Waals surface area contributed by atoms with E-state index in [1.807, 2.05) is 30.7 Å². The van der Waals surface area contributed by atoms with Crippen molar-refractivity contribution in [3.05, 3.63) is 80.5 Å². The third-order valence-electron chi connectivity index (χ3n) is 4.57. The molecule has 0 aliphatic carbocycles. The highest BCUT2D eigenvalue weighted by Crippen LogP contribution is 2.16. The molecular weight excluding hydrogens is 334 g/mol. The fourth-order valence-corrected chi connectivity index (χ4v) is 3.49. The summed E-state index contributed by atoms with van der Waals surface area (Å²) in [6, 6.07) is 10.3. The number of benzene rings is 1. The monoisotopic (exact) mass is 353 g/mol. The van der Waals surface area contributed by atoms with Gasteiger partial charge in [-0.1, -0.05) is 30.3 Å². The highest BCUT2D eigenvalue weighted by Gasteiger charge is 2.20. The molecule has 128 valence electrons. The molecule has 0 atom stereocenters. The van der Waals surface area contributed by atoms with Gasteiger partial charge in [0.25, 0.3) is 5.56 Å². The molecule has 0 radical (unpaired) electrons. The minimum atomic E-state index is -0.0822. The number of imidazole rings is 1. The van der Waals surface area contributed by atoms with Crippen molar-refractivity contribution in [2.75, 3.05) is 6.54 Å². The Balaban J connectivity index is 1.51. The third kappa shape index (κ3) is 3.47. The second-order valence-corrected chi connectivity index (χ2v) is 6.73. The molecule has 1 aliphatic rings. The van der Waals surface area contributed by atoms with Crippen LogP contribution in [-0.2, 0) is 26.1 Å². The number of aromatic amines is 2. The lowest BCUT2D eigenvalue weighted by Crippen LogP contribution is -2.35. The summed E-state index contributed by atoms with van der Waals surface area (Å²) in [6.45, 7) is 3.07. The van der Waals surface area contributed by atoms with Gasteiger partial charge in [0.1, 0.15) is 0 Å². The van der Waals surface area contributed by atoms with Crippen LogP contribution in [0.3, 0.4) is 0 Å². The molecule has 1 aromatic carbocycles. The first kappa shape index (κ1) is 16.0. The van der Waals surface area contributed by atoms with Crippen molar-refractivity contribution in [3.8, 4) is 0 Å². The molecule has 25 heavy (non-hydrogen) atoms. The number of fused-ring (bicyclic) bond motifs is 1. The van der Waals surface area contributed by atoms with Crippen molar-refractivity contribution in [2.45, 2.75) is 26.1 Å². The molecule has 0 saturated heterocycles. The van der Waals surface area contributed by atoms with Crippen LogP contribution in [0.1, 0.15) is 22.5 Å². The van der Waals surface area contributed by atoms with Gasteiger partial charge >= 0.3 is 0 Å². The minimum absolute atomic E-state index is 0.0822. The van der Waals surface area contributed by atoms with Crippen LogP contribution in [0.25, 0.3) is 0 Å². The Morgan fingerprint density at radius 2 is 2.00 bits per heavy atom. The number of H-pyrrole nitrogens is 2. The normalized spacial score (nSPS) is 14.4. The van der Waals surface area contributed by atoms with E-state index in [-0.39, 0.29) is 5.56 Å². The lowest BCUT2D eigenvalue weighted by Gasteiger charge is -2.27. The van der Waals surface area contributed by atoms with Gasteiger partial charge in [-0.3, -0.25) is 14.7 Å². The average Bonchev–Trinajstić information content (AvgIpc) is 3.03. The summed E-state index contributed by atoms with van der Waals surface area (Å²) >= 11 is 5.05. The molecule has 0 bridgehead atoms. The first-order valence-corrected chi connectivity index (χ1v) is 8.69. The molecule has 7 heteroatoms. The first-order chi connectivity index (χ1) is 12.2. The highest BCUT2D eigenvalue weighted by molar-refractivity contribution is 7.71. The Morgan fingerprint density at radius 1 is 1.16 bits per heavy atom. The Bertz CT molecular complexity index is 988. The molecule has 1 aliphatic heterocycles. The lowest BCUT2D eigenvalue weighted by molar-refractivity contribution is 0.236. The standard InChI is InChI=1S/C18H19N5OS/c24-17-15-11-22(7-6-16(15)20-18(25)21-17)10-14-8-19-12-23(14)9-13-4-2-1-3-5-13/h1-5,8,12H,6-7,9-11H2,(H2,20,21,24,25). The quantitative estimate of drug-likeness (QED) is 0.706. The van der Waals surface area contributed by atoms with Crippen LogP contribution in [0, 0.1) is 4.77 Å². The summed E-state index contributed by atoms with van der Waals surface area (Å²) in [5.74, 6) is 0. The number of aromatic nitrogens is 4. The Hall–Kier alpha value is -2.51. The number of hydrogen-bond acceptors (Lipinski definition) is 4. The van der Waals surface area contributed by atoms with Crippen LogP contribution in [0.15, 0.2) is 47.7 Å². The summed E-state index contributed by atoms with van der Waals surface area (Å²) in [7, 11) is 0. The van der Waals surface area contributed by atoms with E-state index in [1.54, 1.807) is 0 Å². The van der Waals surface area contributed by atoms with Gasteiger partial charge in [0.05, 0.1) is 17.6 Å². The molecule has 0 saturated carbocycles. The Kier molecular flexibility index (Phi) is 4.33. The van der Waals surface area contributed by atoms with Crippen molar-refractivity contribution in [1.29, 1.82) is 0 Å². The van der Waals surface area contributed by atoms with Gasteiger partial charge in [-0.15, -0.1) is 0 Å². The van der Waals surface area contributed by atoms with E-state index in [2.05, 4.69) is 36.6 Å². The topological polar surface area (TPSA) is 69.7 Å². The van der Waals surface area contributed by atoms with Crippen molar-refractivity contribution in [3.63, 3.8) is 0 Å². The van der Waals surface area contributed by atoms with Crippen LogP contribution in [0.4, 0.5) is 0 Å². The number of rotatable bonds is 4. The van der Waals surface area contributed by atoms with Crippen LogP contribution >= 0.6 is 12.2 Å². The maximum absolute atomic E-state index is 12.2. The van der Waals surface area contributed by atoms with Crippen molar-refractivity contribution >= 4 is 12.2 Å². The van der Waals surface area contributed by atoms with Gasteiger partial charge in [-0.05, 0) is 17.8 Å². The molecule has 0 amide bonds. The molecule has 3 heterocycles. The van der Waals surface area contributed by atoms with E-state index < -0.39 is 0 Å². The zero-order valence-electron chi connectivity index (χ0n) is 13.7. The van der Waals surface area contributed by atoms with Crippen molar-refractivity contribution < 1.29 is 0 Å². The lowest BCUT2D eigenvalue weighted by atomic mass is 10.1. The van der Waals surface area contributed by atoms with Crippen LogP contribution in [0.5, 0.6) is 0 Å². The predicted octanol–water partition coefficient (Wildman–Crippen LogP) is 2.24. The van der Waals surface area contributed by atoms with E-state index in [0.717, 1.165) is 43.0 Å². The molecule has 0 spiro atoms. The SMILES string of the molecule is O=c1[nH]c(=S)[nH]c2c1CN(Cc1cncn1Cc1ccccc1)CC2. The van der Waals surface area contributed by atoms with Crippen LogP contribution in [0.2, 0.25) is 0 Å². The van der Waals surface area contributed by atoms with E-state index in [0.29, 0.717) is 11.3 Å². The fourth-order valence-electron chi connectivity index (χ4n) is 3.28. The van der Waals surface area contributed by atoms with E-state index in [9.17, 15) is 4.79 Å². The summed E-state index contributed by atoms with van der Waals surface area (Å²) < 4.78 is 2.56. The summed E-state index contributed by atoms with van der Waals surface area (Å²) in [4.78, 5) is 24.5. The van der Waals surface area contributed by atoms with Crippen LogP contribution in [-0.4, -0.2) is 31.0 Å². The van der Waals surface area contributed by atoms with Gasteiger partial charge in [0, 0.05) is 44.5 Å². The van der Waals surface area contributed by atoms with Crippen molar-refractivity contribution in [2.24, 2.45) is 0 Å². The predicted molar refractivity (Wildman–Crippen MR) is 97.8 cm³/mol. The van der Waals surface area contributed by atoms with Gasteiger partial charge in [0.2, 0.25) is 0 Å². The summed E-state index contributed by atoms with van der Waals surface area (Å²) in [5.41, 5.74) is 4.06. The second kappa shape index (κ2) is 6.78. The van der Waals surface area contributed by atoms with Gasteiger partial charge in [-0.25, -0.2) is 4.98 Å². The largest absolute Gasteiger partial charge is 0.335 e. The van der Waals surface area contributed by atoms with Crippen LogP contribution < -0.4 is 5.56 Å². The number of nitrogens with zero attached hydrogens (tertiary/aromatic N) is 3. The fraction of sp³-hybridized carbons (Fsp3) is 0.278. The smallest absolute Gasteiger partial charge is 0.256 e. The molecule has 0 unspecified atom stereocenters. The number of nitrogens with one attached hydrogen (secondary N) is 2. The molecule has 6 nitrogen and oxygen atoms in total. The van der Waals surface area contributed by atoms with Gasteiger partial charge < -0.3 is 9.55 Å². The van der Waals surface area contributed by atoms with E-state index in [4.69, 9.17) is 12.2 Å². The summed E-state index contributed by atoms with van der Waals surface area (Å²) in [5, 5.41) is 0. The minimum Gasteiger partial charge on any atom is -0.335 e. The van der Waals surface area contributed by atoms with E-state index in [1.165, 1.54) is 5.56 Å². The molecule has 2 N–H and O–H groups in total. The average molecular weight is 353 g/mol. The van der Waals surface area contributed by atoms with Crippen molar-refractivity contribution in [1.82, 2.24) is 24.4 Å². The zero-order chi connectivity index (χ0) is 17.2. The highest BCUT2D eigenvalue weighted by atomic mass is 32.1. The first-order valence-electron chi connectivity index (χ1n) is 8.28. The van der Waals surface area contributed by atoms with Gasteiger partial charge in [-0.2, -0.15) is 0 Å². The Morgan fingerprint density at radius 3 is 2.84 bits per heavy atom. The summed E-state index contributed by atoms with van der Waals surface area (Å²) in [6.07, 6.45) is 4.57. The third-order valence-corrected chi connectivity index (χ3v) is 4.77. The molecule has 0 fully saturated rings. The molecule has 3 aromatic rings. The zero-order valence-corrected chi connectivity index (χ0v) is 14.6. The van der Waals surface area contributed by atoms with Gasteiger partial charge in [0.15, 0.2) is 4.77 Å². The second-order valence-electron chi connectivity index (χ2n) is 6.32. The number of hydrogen-bond donors (Lipinski definition) is 2. The molecular formula is C18H19N5OS. The van der Waals surface area contributed by atoms with E-state index >= 15 is 0 Å². The maximum Gasteiger partial charge on any atom is 0.256 e. The maximum atomic E-state index is 12.2. The Labute approximate surface area is 150 Å².